The SMILES string of the molecule is CC(C)CC1NC(=O)C(Cc2ccccc2)NC(=O)C(CCCCC(O)C2CO2)NC(=O)C2CCCCN2C1=O. The lowest BCUT2D eigenvalue weighted by Gasteiger charge is -2.39. The predicted octanol–water partition coefficient (Wildman–Crippen LogP) is 1.44. The van der Waals surface area contributed by atoms with E-state index in [4.69, 9.17) is 4.74 Å². The summed E-state index contributed by atoms with van der Waals surface area (Å²) >= 11 is 0. The predicted molar refractivity (Wildman–Crippen MR) is 149 cm³/mol. The minimum Gasteiger partial charge on any atom is -0.390 e. The minimum atomic E-state index is -0.915. The molecule has 10 heteroatoms. The number of aliphatic hydroxyl groups is 1. The Bertz CT molecular complexity index is 1030. The molecule has 6 unspecified atom stereocenters. The second kappa shape index (κ2) is 14.1. The molecule has 3 fully saturated rings. The molecule has 40 heavy (non-hydrogen) atoms. The Hall–Kier alpha value is -2.98. The van der Waals surface area contributed by atoms with E-state index >= 15 is 0 Å². The van der Waals surface area contributed by atoms with Crippen LogP contribution in [0, 0.1) is 5.92 Å². The molecular formula is C30H44N4O6. The molecule has 3 aliphatic heterocycles. The highest BCUT2D eigenvalue weighted by atomic mass is 16.6. The molecule has 220 valence electrons. The van der Waals surface area contributed by atoms with Crippen LogP contribution in [0.5, 0.6) is 0 Å². The number of ether oxygens (including phenoxy) is 1. The van der Waals surface area contributed by atoms with Gasteiger partial charge in [0.05, 0.1) is 12.7 Å². The molecule has 10 nitrogen and oxygen atoms in total. The van der Waals surface area contributed by atoms with Gasteiger partial charge in [0.1, 0.15) is 30.3 Å². The van der Waals surface area contributed by atoms with Gasteiger partial charge in [0.25, 0.3) is 0 Å². The fourth-order valence-electron chi connectivity index (χ4n) is 5.67. The van der Waals surface area contributed by atoms with Gasteiger partial charge in [-0.1, -0.05) is 57.0 Å². The van der Waals surface area contributed by atoms with Gasteiger partial charge in [-0.3, -0.25) is 19.2 Å². The summed E-state index contributed by atoms with van der Waals surface area (Å²) in [6, 6.07) is 6.15. The standard InChI is InChI=1S/C30H44N4O6/c1-19(2)16-23-30(39)34-15-9-8-13-24(34)29(38)31-21(12-6-7-14-25(35)26-18-40-26)27(36)32-22(28(37)33-23)17-20-10-4-3-5-11-20/h3-5,10-11,19,21-26,35H,6-9,12-18H2,1-2H3,(H,31,38)(H,32,36)(H,33,37). The van der Waals surface area contributed by atoms with E-state index in [9.17, 15) is 24.3 Å². The molecule has 6 atom stereocenters. The zero-order chi connectivity index (χ0) is 28.6. The molecule has 0 radical (unpaired) electrons. The van der Waals surface area contributed by atoms with Gasteiger partial charge >= 0.3 is 0 Å². The smallest absolute Gasteiger partial charge is 0.245 e. The van der Waals surface area contributed by atoms with E-state index in [1.54, 1.807) is 4.90 Å². The number of hydrogen-bond donors (Lipinski definition) is 4. The molecule has 0 saturated carbocycles. The van der Waals surface area contributed by atoms with Gasteiger partial charge in [-0.2, -0.15) is 0 Å². The van der Waals surface area contributed by atoms with E-state index in [0.29, 0.717) is 51.7 Å². The third kappa shape index (κ3) is 8.27. The number of carbonyl (C=O) groups excluding carboxylic acids is 4. The molecular weight excluding hydrogens is 512 g/mol. The minimum absolute atomic E-state index is 0.101. The molecule has 4 N–H and O–H groups in total. The van der Waals surface area contributed by atoms with Gasteiger partial charge in [0.2, 0.25) is 23.6 Å². The van der Waals surface area contributed by atoms with Crippen molar-refractivity contribution >= 4 is 23.6 Å². The molecule has 0 spiro atoms. The normalized spacial score (nSPS) is 28.5. The van der Waals surface area contributed by atoms with Crippen LogP contribution in [0.3, 0.4) is 0 Å². The molecule has 3 heterocycles. The molecule has 0 aliphatic carbocycles. The Morgan fingerprint density at radius 3 is 2.30 bits per heavy atom. The molecule has 1 aromatic carbocycles. The van der Waals surface area contributed by atoms with Gasteiger partial charge < -0.3 is 30.7 Å². The zero-order valence-electron chi connectivity index (χ0n) is 23.6. The Morgan fingerprint density at radius 2 is 1.60 bits per heavy atom. The van der Waals surface area contributed by atoms with Crippen molar-refractivity contribution in [2.24, 2.45) is 5.92 Å². The van der Waals surface area contributed by atoms with Crippen LogP contribution in [-0.2, 0) is 30.3 Å². The molecule has 3 saturated heterocycles. The van der Waals surface area contributed by atoms with Crippen LogP contribution >= 0.6 is 0 Å². The topological polar surface area (TPSA) is 140 Å². The number of aliphatic hydroxyl groups excluding tert-OH is 1. The van der Waals surface area contributed by atoms with Gasteiger partial charge in [-0.15, -0.1) is 0 Å². The number of nitrogens with one attached hydrogen (secondary N) is 3. The van der Waals surface area contributed by atoms with Crippen LogP contribution in [-0.4, -0.2) is 83.2 Å². The fourth-order valence-corrected chi connectivity index (χ4v) is 5.67. The monoisotopic (exact) mass is 556 g/mol. The van der Waals surface area contributed by atoms with Gasteiger partial charge in [0, 0.05) is 13.0 Å². The van der Waals surface area contributed by atoms with E-state index in [2.05, 4.69) is 16.0 Å². The lowest BCUT2D eigenvalue weighted by molar-refractivity contribution is -0.147. The second-order valence-corrected chi connectivity index (χ2v) is 11.8. The van der Waals surface area contributed by atoms with Crippen molar-refractivity contribution in [2.45, 2.75) is 108 Å². The van der Waals surface area contributed by atoms with Crippen molar-refractivity contribution in [2.75, 3.05) is 13.2 Å². The first-order valence-corrected chi connectivity index (χ1v) is 14.8. The third-order valence-electron chi connectivity index (χ3n) is 7.99. The summed E-state index contributed by atoms with van der Waals surface area (Å²) in [5.74, 6) is -1.29. The van der Waals surface area contributed by atoms with Crippen molar-refractivity contribution in [1.82, 2.24) is 20.9 Å². The van der Waals surface area contributed by atoms with Crippen molar-refractivity contribution in [3.63, 3.8) is 0 Å². The van der Waals surface area contributed by atoms with Gasteiger partial charge in [-0.25, -0.2) is 0 Å². The van der Waals surface area contributed by atoms with E-state index < -0.39 is 42.1 Å². The quantitative estimate of drug-likeness (QED) is 0.254. The van der Waals surface area contributed by atoms with Crippen molar-refractivity contribution < 1.29 is 29.0 Å². The number of rotatable bonds is 10. The highest BCUT2D eigenvalue weighted by Gasteiger charge is 2.39. The first-order valence-electron chi connectivity index (χ1n) is 14.8. The van der Waals surface area contributed by atoms with Crippen LogP contribution in [0.2, 0.25) is 0 Å². The number of carbonyl (C=O) groups is 4. The number of fused-ring (bicyclic) bond motifs is 1. The first kappa shape index (κ1) is 30.0. The third-order valence-corrected chi connectivity index (χ3v) is 7.99. The number of piperidine rings is 1. The highest BCUT2D eigenvalue weighted by molar-refractivity contribution is 5.97. The second-order valence-electron chi connectivity index (χ2n) is 11.8. The first-order chi connectivity index (χ1) is 19.2. The maximum Gasteiger partial charge on any atom is 0.245 e. The van der Waals surface area contributed by atoms with Crippen molar-refractivity contribution in [3.8, 4) is 0 Å². The van der Waals surface area contributed by atoms with E-state index in [-0.39, 0.29) is 30.3 Å². The fraction of sp³-hybridized carbons (Fsp3) is 0.667. The molecule has 3 aliphatic rings. The summed E-state index contributed by atoms with van der Waals surface area (Å²) in [4.78, 5) is 56.1. The summed E-state index contributed by atoms with van der Waals surface area (Å²) in [7, 11) is 0. The van der Waals surface area contributed by atoms with Crippen LogP contribution in [0.15, 0.2) is 30.3 Å². The largest absolute Gasteiger partial charge is 0.390 e. The number of unbranched alkanes of at least 4 members (excludes halogenated alkanes) is 1. The summed E-state index contributed by atoms with van der Waals surface area (Å²) < 4.78 is 5.14. The number of amides is 4. The van der Waals surface area contributed by atoms with Gasteiger partial charge in [0.15, 0.2) is 0 Å². The Kier molecular flexibility index (Phi) is 10.6. The molecule has 0 bridgehead atoms. The van der Waals surface area contributed by atoms with E-state index in [1.165, 1.54) is 0 Å². The maximum atomic E-state index is 13.8. The Morgan fingerprint density at radius 1 is 0.925 bits per heavy atom. The van der Waals surface area contributed by atoms with Crippen LogP contribution in [0.1, 0.15) is 70.8 Å². The van der Waals surface area contributed by atoms with Gasteiger partial charge in [-0.05, 0) is 50.0 Å². The Balaban J connectivity index is 1.57. The van der Waals surface area contributed by atoms with Crippen LogP contribution in [0.4, 0.5) is 0 Å². The molecule has 4 amide bonds. The summed E-state index contributed by atoms with van der Waals surface area (Å²) in [5.41, 5.74) is 0.870. The van der Waals surface area contributed by atoms with E-state index in [0.717, 1.165) is 18.4 Å². The summed E-state index contributed by atoms with van der Waals surface area (Å²) in [5, 5.41) is 18.8. The molecule has 1 aromatic rings. The lowest BCUT2D eigenvalue weighted by atomic mass is 9.95. The zero-order valence-corrected chi connectivity index (χ0v) is 23.6. The van der Waals surface area contributed by atoms with Crippen LogP contribution < -0.4 is 16.0 Å². The highest BCUT2D eigenvalue weighted by Crippen LogP contribution is 2.22. The molecule has 0 aromatic heterocycles. The Labute approximate surface area is 236 Å². The summed E-state index contributed by atoms with van der Waals surface area (Å²) in [6.07, 6.45) is 4.32. The average molecular weight is 557 g/mol. The number of epoxide rings is 1. The van der Waals surface area contributed by atoms with Crippen LogP contribution in [0.25, 0.3) is 0 Å². The number of benzene rings is 1. The van der Waals surface area contributed by atoms with Crippen molar-refractivity contribution in [3.05, 3.63) is 35.9 Å². The average Bonchev–Trinajstić information content (AvgIpc) is 3.79. The molecule has 4 rings (SSSR count). The number of nitrogens with zero attached hydrogens (tertiary/aromatic N) is 1. The van der Waals surface area contributed by atoms with Crippen molar-refractivity contribution in [1.29, 1.82) is 0 Å². The van der Waals surface area contributed by atoms with E-state index in [1.807, 2.05) is 44.2 Å². The number of hydrogen-bond acceptors (Lipinski definition) is 6. The summed E-state index contributed by atoms with van der Waals surface area (Å²) in [6.45, 7) is 4.98. The lowest BCUT2D eigenvalue weighted by Crippen LogP contribution is -2.63. The maximum absolute atomic E-state index is 13.8.